The van der Waals surface area contributed by atoms with Crippen LogP contribution in [0.25, 0.3) is 0 Å². The van der Waals surface area contributed by atoms with Crippen molar-refractivity contribution in [2.45, 2.75) is 0 Å². The molecular formula is C9H9ClN4O2. The van der Waals surface area contributed by atoms with Crippen LogP contribution in [0.5, 0.6) is 11.5 Å². The van der Waals surface area contributed by atoms with Crippen molar-refractivity contribution in [1.82, 2.24) is 10.7 Å². The van der Waals surface area contributed by atoms with E-state index in [1.807, 2.05) is 0 Å². The summed E-state index contributed by atoms with van der Waals surface area (Å²) in [7, 11) is 0. The summed E-state index contributed by atoms with van der Waals surface area (Å²) in [6, 6.07) is 6.25. The van der Waals surface area contributed by atoms with E-state index in [4.69, 9.17) is 22.2 Å². The normalized spacial score (nSPS) is 14.9. The van der Waals surface area contributed by atoms with Gasteiger partial charge in [-0.05, 0) is 17.4 Å². The van der Waals surface area contributed by atoms with E-state index < -0.39 is 0 Å². The largest absolute Gasteiger partial charge is 0.508 e. The maximum Gasteiger partial charge on any atom is 0.163 e. The number of hydrazone groups is 1. The number of nitrogens with two attached hydrogens (primary N) is 1. The first-order valence-corrected chi connectivity index (χ1v) is 4.76. The minimum atomic E-state index is 0.0908. The number of hydrazine groups is 1. The van der Waals surface area contributed by atoms with Gasteiger partial charge in [0.15, 0.2) is 11.6 Å². The Bertz CT molecular complexity index is 461. The fraction of sp³-hybridized carbons (Fsp3) is 0. The number of rotatable bonds is 2. The van der Waals surface area contributed by atoms with Crippen molar-refractivity contribution in [1.29, 1.82) is 0 Å². The number of nitrogens with one attached hydrogen (secondary N) is 1. The molecule has 0 aliphatic carbocycles. The van der Waals surface area contributed by atoms with Crippen LogP contribution in [0.3, 0.4) is 0 Å². The van der Waals surface area contributed by atoms with Crippen molar-refractivity contribution < 1.29 is 9.94 Å². The van der Waals surface area contributed by atoms with Crippen LogP contribution in [0.4, 0.5) is 0 Å². The van der Waals surface area contributed by atoms with Crippen LogP contribution in [-0.4, -0.2) is 16.2 Å². The molecule has 0 amide bonds. The molecule has 0 bridgehead atoms. The summed E-state index contributed by atoms with van der Waals surface area (Å²) < 4.78 is 0. The van der Waals surface area contributed by atoms with Gasteiger partial charge in [0.1, 0.15) is 10.9 Å². The maximum atomic E-state index is 9.23. The number of nitrogens with zero attached hydrogens (tertiary/aromatic N) is 2. The second kappa shape index (κ2) is 4.19. The number of halogens is 1. The molecule has 0 saturated carbocycles. The summed E-state index contributed by atoms with van der Waals surface area (Å²) in [5, 5.41) is 14.3. The van der Waals surface area contributed by atoms with Gasteiger partial charge in [0, 0.05) is 12.1 Å². The molecule has 7 heteroatoms. The number of phenolic OH excluding ortho intramolecular Hbond substituents is 1. The highest BCUT2D eigenvalue weighted by molar-refractivity contribution is 6.30. The molecule has 4 N–H and O–H groups in total. The highest BCUT2D eigenvalue weighted by Gasteiger charge is 2.11. The molecule has 16 heavy (non-hydrogen) atoms. The van der Waals surface area contributed by atoms with E-state index in [-0.39, 0.29) is 16.7 Å². The SMILES string of the molecule is NC1=NN(Oc2cccc(O)c2)NC(Cl)=C1. The highest BCUT2D eigenvalue weighted by atomic mass is 35.5. The first kappa shape index (κ1) is 10.4. The third-order valence-electron chi connectivity index (χ3n) is 1.69. The van der Waals surface area contributed by atoms with Gasteiger partial charge in [-0.1, -0.05) is 17.7 Å². The smallest absolute Gasteiger partial charge is 0.163 e. The number of amidine groups is 1. The van der Waals surface area contributed by atoms with Crippen molar-refractivity contribution in [2.75, 3.05) is 0 Å². The zero-order chi connectivity index (χ0) is 11.5. The fourth-order valence-corrected chi connectivity index (χ4v) is 1.28. The van der Waals surface area contributed by atoms with E-state index in [1.54, 1.807) is 12.1 Å². The Morgan fingerprint density at radius 2 is 2.31 bits per heavy atom. The van der Waals surface area contributed by atoms with Gasteiger partial charge >= 0.3 is 0 Å². The predicted octanol–water partition coefficient (Wildman–Crippen LogP) is 0.859. The van der Waals surface area contributed by atoms with Crippen molar-refractivity contribution >= 4 is 17.4 Å². The second-order valence-corrected chi connectivity index (χ2v) is 3.40. The lowest BCUT2D eigenvalue weighted by Gasteiger charge is -2.22. The number of benzene rings is 1. The van der Waals surface area contributed by atoms with Gasteiger partial charge in [0.2, 0.25) is 0 Å². The Morgan fingerprint density at radius 1 is 1.50 bits per heavy atom. The molecule has 0 saturated heterocycles. The Kier molecular flexibility index (Phi) is 2.74. The summed E-state index contributed by atoms with van der Waals surface area (Å²) in [4.78, 5) is 5.25. The Balaban J connectivity index is 2.09. The van der Waals surface area contributed by atoms with Crippen LogP contribution in [0, 0.1) is 0 Å². The standard InChI is InChI=1S/C9H9ClN4O2/c10-8-5-9(11)13-14(12-8)16-7-3-1-2-6(15)4-7/h1-5,12,15H,(H2,11,13). The molecule has 0 fully saturated rings. The predicted molar refractivity (Wildman–Crippen MR) is 59.3 cm³/mol. The van der Waals surface area contributed by atoms with Gasteiger partial charge in [-0.15, -0.1) is 5.10 Å². The molecule has 1 aromatic carbocycles. The van der Waals surface area contributed by atoms with Gasteiger partial charge in [-0.3, -0.25) is 0 Å². The van der Waals surface area contributed by atoms with Crippen molar-refractivity contribution in [3.63, 3.8) is 0 Å². The monoisotopic (exact) mass is 240 g/mol. The summed E-state index contributed by atoms with van der Waals surface area (Å²) in [6.45, 7) is 0. The molecule has 1 aliphatic heterocycles. The minimum Gasteiger partial charge on any atom is -0.508 e. The van der Waals surface area contributed by atoms with E-state index in [2.05, 4.69) is 10.5 Å². The fourth-order valence-electron chi connectivity index (χ4n) is 1.10. The average molecular weight is 241 g/mol. The molecule has 1 aromatic rings. The van der Waals surface area contributed by atoms with Gasteiger partial charge in [0.05, 0.1) is 0 Å². The number of hydrogen-bond acceptors (Lipinski definition) is 6. The summed E-state index contributed by atoms with van der Waals surface area (Å²) in [6.07, 6.45) is 1.45. The van der Waals surface area contributed by atoms with Gasteiger partial charge in [-0.2, -0.15) is 0 Å². The summed E-state index contributed by atoms with van der Waals surface area (Å²) in [5.41, 5.74) is 8.08. The summed E-state index contributed by atoms with van der Waals surface area (Å²) >= 11 is 5.72. The third-order valence-corrected chi connectivity index (χ3v) is 1.89. The van der Waals surface area contributed by atoms with Crippen LogP contribution in [0.15, 0.2) is 40.6 Å². The molecule has 1 heterocycles. The number of aromatic hydroxyl groups is 1. The molecular weight excluding hydrogens is 232 g/mol. The van der Waals surface area contributed by atoms with E-state index in [0.29, 0.717) is 5.75 Å². The molecule has 0 aromatic heterocycles. The van der Waals surface area contributed by atoms with E-state index in [1.165, 1.54) is 18.2 Å². The molecule has 6 nitrogen and oxygen atoms in total. The average Bonchev–Trinajstić information content (AvgIpc) is 2.15. The van der Waals surface area contributed by atoms with E-state index in [9.17, 15) is 5.11 Å². The van der Waals surface area contributed by atoms with Crippen molar-refractivity contribution in [3.8, 4) is 11.5 Å². The minimum absolute atomic E-state index is 0.0908. The van der Waals surface area contributed by atoms with Crippen LogP contribution < -0.4 is 16.0 Å². The van der Waals surface area contributed by atoms with Gasteiger partial charge < -0.3 is 15.7 Å². The number of hydrogen-bond donors (Lipinski definition) is 3. The molecule has 0 atom stereocenters. The van der Waals surface area contributed by atoms with Gasteiger partial charge in [0.25, 0.3) is 0 Å². The molecule has 0 spiro atoms. The first-order valence-electron chi connectivity index (χ1n) is 4.38. The lowest BCUT2D eigenvalue weighted by atomic mass is 10.3. The quantitative estimate of drug-likeness (QED) is 0.668. The first-order chi connectivity index (χ1) is 7.63. The van der Waals surface area contributed by atoms with Crippen LogP contribution >= 0.6 is 11.6 Å². The second-order valence-electron chi connectivity index (χ2n) is 2.99. The van der Waals surface area contributed by atoms with E-state index >= 15 is 0 Å². The summed E-state index contributed by atoms with van der Waals surface area (Å²) in [5.74, 6) is 0.701. The Labute approximate surface area is 96.5 Å². The lowest BCUT2D eigenvalue weighted by molar-refractivity contribution is -0.0941. The highest BCUT2D eigenvalue weighted by Crippen LogP contribution is 2.19. The molecule has 2 rings (SSSR count). The van der Waals surface area contributed by atoms with Gasteiger partial charge in [-0.25, -0.2) is 5.43 Å². The zero-order valence-corrected chi connectivity index (χ0v) is 8.85. The lowest BCUT2D eigenvalue weighted by Crippen LogP contribution is -2.39. The van der Waals surface area contributed by atoms with Crippen LogP contribution in [0.1, 0.15) is 0 Å². The Morgan fingerprint density at radius 3 is 3.00 bits per heavy atom. The van der Waals surface area contributed by atoms with Crippen molar-refractivity contribution in [2.24, 2.45) is 10.8 Å². The molecule has 84 valence electrons. The van der Waals surface area contributed by atoms with Crippen molar-refractivity contribution in [3.05, 3.63) is 35.5 Å². The zero-order valence-electron chi connectivity index (χ0n) is 8.09. The molecule has 1 aliphatic rings. The Hall–Kier alpha value is -2.08. The van der Waals surface area contributed by atoms with Crippen LogP contribution in [-0.2, 0) is 0 Å². The topological polar surface area (TPSA) is 83.1 Å². The van der Waals surface area contributed by atoms with E-state index in [0.717, 1.165) is 5.28 Å². The van der Waals surface area contributed by atoms with Crippen LogP contribution in [0.2, 0.25) is 0 Å². The number of phenols is 1. The molecule has 0 unspecified atom stereocenters. The third kappa shape index (κ3) is 2.48. The molecule has 0 radical (unpaired) electrons. The maximum absolute atomic E-state index is 9.23.